The number of aliphatic hydroxyl groups is 2. The lowest BCUT2D eigenvalue weighted by molar-refractivity contribution is 0.0626. The lowest BCUT2D eigenvalue weighted by atomic mass is 10.3. The summed E-state index contributed by atoms with van der Waals surface area (Å²) in [5.41, 5.74) is 0. The molecule has 47 heavy (non-hydrogen) atoms. The average Bonchev–Trinajstić information content (AvgIpc) is 3.93. The molecule has 1 aliphatic heterocycles. The van der Waals surface area contributed by atoms with Gasteiger partial charge in [0.1, 0.15) is 61.6 Å². The van der Waals surface area contributed by atoms with Crippen molar-refractivity contribution in [1.82, 2.24) is 0 Å². The van der Waals surface area contributed by atoms with Gasteiger partial charge in [-0.2, -0.15) is 0 Å². The third kappa shape index (κ3) is 9.24. The third-order valence-corrected chi connectivity index (χ3v) is 10.7. The highest BCUT2D eigenvalue weighted by molar-refractivity contribution is 7.91. The Labute approximate surface area is 274 Å². The van der Waals surface area contributed by atoms with E-state index < -0.39 is 31.9 Å². The second-order valence-electron chi connectivity index (χ2n) is 10.8. The molecule has 250 valence electrons. The quantitative estimate of drug-likeness (QED) is 0.154. The van der Waals surface area contributed by atoms with Gasteiger partial charge in [-0.3, -0.25) is 0 Å². The lowest BCUT2D eigenvalue weighted by Crippen LogP contribution is -2.25. The van der Waals surface area contributed by atoms with Gasteiger partial charge in [-0.1, -0.05) is 6.92 Å². The summed E-state index contributed by atoms with van der Waals surface area (Å²) < 4.78 is 79.4. The molecule has 0 aromatic heterocycles. The van der Waals surface area contributed by atoms with Crippen LogP contribution in [0.15, 0.2) is 117 Å². The van der Waals surface area contributed by atoms with Crippen molar-refractivity contribution in [3.8, 4) is 23.0 Å². The predicted octanol–water partition coefficient (Wildman–Crippen LogP) is 4.10. The highest BCUT2D eigenvalue weighted by atomic mass is 32.2. The van der Waals surface area contributed by atoms with Crippen molar-refractivity contribution in [2.75, 3.05) is 33.0 Å². The van der Waals surface area contributed by atoms with Crippen LogP contribution in [0.5, 0.6) is 23.0 Å². The molecule has 0 bridgehead atoms. The van der Waals surface area contributed by atoms with Crippen molar-refractivity contribution in [1.29, 1.82) is 0 Å². The smallest absolute Gasteiger partial charge is 0.206 e. The minimum Gasteiger partial charge on any atom is -0.491 e. The fraction of sp³-hybridized carbons (Fsp3) is 0.294. The molecule has 0 radical (unpaired) electrons. The van der Waals surface area contributed by atoms with Crippen molar-refractivity contribution in [3.05, 3.63) is 97.1 Å². The molecule has 0 amide bonds. The molecule has 0 saturated carbocycles. The second kappa shape index (κ2) is 15.2. The van der Waals surface area contributed by atoms with Crippen LogP contribution in [0.25, 0.3) is 0 Å². The minimum atomic E-state index is -3.79. The van der Waals surface area contributed by atoms with E-state index in [0.717, 1.165) is 0 Å². The summed E-state index contributed by atoms with van der Waals surface area (Å²) in [5, 5.41) is 20.0. The molecule has 0 aliphatic carbocycles. The number of hydrogen-bond donors (Lipinski definition) is 2. The van der Waals surface area contributed by atoms with Gasteiger partial charge in [0.15, 0.2) is 0 Å². The van der Waals surface area contributed by atoms with Gasteiger partial charge in [0.05, 0.1) is 32.3 Å². The maximum atomic E-state index is 13.0. The number of benzene rings is 4. The molecule has 3 atom stereocenters. The van der Waals surface area contributed by atoms with Crippen molar-refractivity contribution >= 4 is 19.7 Å². The van der Waals surface area contributed by atoms with Gasteiger partial charge in [0.25, 0.3) is 0 Å². The average molecular weight is 685 g/mol. The molecular formula is C34H36O11S2. The highest BCUT2D eigenvalue weighted by Crippen LogP contribution is 2.27. The third-order valence-electron chi connectivity index (χ3n) is 7.17. The Morgan fingerprint density at radius 2 is 0.872 bits per heavy atom. The molecule has 1 aliphatic rings. The van der Waals surface area contributed by atoms with Crippen molar-refractivity contribution in [2.24, 2.45) is 0 Å². The van der Waals surface area contributed by atoms with Gasteiger partial charge in [-0.15, -0.1) is 0 Å². The van der Waals surface area contributed by atoms with Gasteiger partial charge in [0.2, 0.25) is 19.7 Å². The summed E-state index contributed by atoms with van der Waals surface area (Å²) in [6.45, 7) is 2.81. The zero-order valence-corrected chi connectivity index (χ0v) is 27.2. The number of sulfone groups is 2. The summed E-state index contributed by atoms with van der Waals surface area (Å²) in [5.74, 6) is 1.73. The molecule has 4 aromatic rings. The lowest BCUT2D eigenvalue weighted by Gasteiger charge is -2.14. The minimum absolute atomic E-state index is 0.0692. The summed E-state index contributed by atoms with van der Waals surface area (Å²) >= 11 is 0. The predicted molar refractivity (Wildman–Crippen MR) is 171 cm³/mol. The van der Waals surface area contributed by atoms with E-state index in [0.29, 0.717) is 42.6 Å². The molecule has 11 nitrogen and oxygen atoms in total. The standard InChI is InChI=1S/C34H36O11S2/c1-2-24(35)19-41-26-3-11-31(12-4-26)46(37,38)32-13-5-27(6-14-32)42-20-25(36)21-43-28-7-15-33(16-8-28)47(39,40)34-17-9-29(10-18-34)44-22-30-23-45-30/h3-18,24-25,30,35-36H,2,19-23H2,1H3. The largest absolute Gasteiger partial charge is 0.491 e. The number of aliphatic hydroxyl groups excluding tert-OH is 2. The highest BCUT2D eigenvalue weighted by Gasteiger charge is 2.23. The van der Waals surface area contributed by atoms with E-state index in [9.17, 15) is 27.0 Å². The first kappa shape index (κ1) is 34.2. The van der Waals surface area contributed by atoms with Crippen LogP contribution < -0.4 is 18.9 Å². The first-order chi connectivity index (χ1) is 22.5. The molecule has 1 saturated heterocycles. The van der Waals surface area contributed by atoms with Crippen LogP contribution in [0.4, 0.5) is 0 Å². The summed E-state index contributed by atoms with van der Waals surface area (Å²) in [6, 6.07) is 23.8. The van der Waals surface area contributed by atoms with Crippen LogP contribution in [0, 0.1) is 0 Å². The molecule has 4 aromatic carbocycles. The van der Waals surface area contributed by atoms with E-state index >= 15 is 0 Å². The van der Waals surface area contributed by atoms with E-state index in [1.807, 2.05) is 6.92 Å². The van der Waals surface area contributed by atoms with Gasteiger partial charge in [-0.25, -0.2) is 16.8 Å². The van der Waals surface area contributed by atoms with Gasteiger partial charge in [0, 0.05) is 0 Å². The summed E-state index contributed by atoms with van der Waals surface area (Å²) in [6.07, 6.45) is -0.963. The van der Waals surface area contributed by atoms with Crippen LogP contribution in [-0.2, 0) is 24.4 Å². The molecule has 5 rings (SSSR count). The Balaban J connectivity index is 1.08. The molecule has 2 N–H and O–H groups in total. The Morgan fingerprint density at radius 3 is 1.17 bits per heavy atom. The van der Waals surface area contributed by atoms with Gasteiger partial charge < -0.3 is 33.9 Å². The molecule has 0 spiro atoms. The molecule has 3 unspecified atom stereocenters. The second-order valence-corrected chi connectivity index (χ2v) is 14.7. The van der Waals surface area contributed by atoms with Crippen LogP contribution in [0.3, 0.4) is 0 Å². The number of rotatable bonds is 17. The Kier molecular flexibility index (Phi) is 11.0. The molecular weight excluding hydrogens is 648 g/mol. The molecule has 1 heterocycles. The van der Waals surface area contributed by atoms with Gasteiger partial charge in [-0.05, 0) is 103 Å². The number of epoxide rings is 1. The fourth-order valence-corrected chi connectivity index (χ4v) is 6.75. The molecule has 13 heteroatoms. The number of hydrogen-bond acceptors (Lipinski definition) is 11. The van der Waals surface area contributed by atoms with Gasteiger partial charge >= 0.3 is 0 Å². The van der Waals surface area contributed by atoms with E-state index in [1.54, 1.807) is 12.1 Å². The Bertz CT molecular complexity index is 1800. The number of ether oxygens (including phenoxy) is 5. The zero-order chi connectivity index (χ0) is 33.4. The first-order valence-corrected chi connectivity index (χ1v) is 17.9. The summed E-state index contributed by atoms with van der Waals surface area (Å²) in [7, 11) is -7.54. The first-order valence-electron chi connectivity index (χ1n) is 14.9. The van der Waals surface area contributed by atoms with E-state index in [4.69, 9.17) is 23.7 Å². The fourth-order valence-electron chi connectivity index (χ4n) is 4.23. The van der Waals surface area contributed by atoms with Crippen LogP contribution in [0.2, 0.25) is 0 Å². The zero-order valence-electron chi connectivity index (χ0n) is 25.6. The monoisotopic (exact) mass is 684 g/mol. The van der Waals surface area contributed by atoms with Crippen LogP contribution >= 0.6 is 0 Å². The van der Waals surface area contributed by atoms with E-state index in [2.05, 4.69) is 0 Å². The summed E-state index contributed by atoms with van der Waals surface area (Å²) in [4.78, 5) is 0.379. The SMILES string of the molecule is CCC(O)COc1ccc(S(=O)(=O)c2ccc(OCC(O)COc3ccc(S(=O)(=O)c4ccc(OCC5CO5)cc4)cc3)cc2)cc1. The van der Waals surface area contributed by atoms with E-state index in [1.165, 1.54) is 84.9 Å². The van der Waals surface area contributed by atoms with Crippen molar-refractivity contribution in [2.45, 2.75) is 51.2 Å². The maximum Gasteiger partial charge on any atom is 0.206 e. The van der Waals surface area contributed by atoms with Crippen LogP contribution in [0.1, 0.15) is 13.3 Å². The Morgan fingerprint density at radius 1 is 0.574 bits per heavy atom. The van der Waals surface area contributed by atoms with Crippen LogP contribution in [-0.4, -0.2) is 78.4 Å². The Hall–Kier alpha value is -4.14. The van der Waals surface area contributed by atoms with Crippen molar-refractivity contribution in [3.63, 3.8) is 0 Å². The normalized spacial score (nSPS) is 15.8. The maximum absolute atomic E-state index is 13.0. The van der Waals surface area contributed by atoms with Crippen molar-refractivity contribution < 1.29 is 50.7 Å². The molecule has 1 fully saturated rings. The van der Waals surface area contributed by atoms with E-state index in [-0.39, 0.29) is 45.5 Å². The topological polar surface area (TPSA) is 158 Å².